The highest BCUT2D eigenvalue weighted by atomic mass is 32.1. The number of rotatable bonds is 4. The van der Waals surface area contributed by atoms with E-state index in [2.05, 4.69) is 10.3 Å². The Kier molecular flexibility index (Phi) is 4.40. The molecule has 0 aliphatic carbocycles. The lowest BCUT2D eigenvalue weighted by atomic mass is 10.1. The number of benzene rings is 2. The molecule has 2 amide bonds. The number of primary amides is 1. The Morgan fingerprint density at radius 2 is 1.70 bits per heavy atom. The summed E-state index contributed by atoms with van der Waals surface area (Å²) in [7, 11) is 0. The van der Waals surface area contributed by atoms with Crippen LogP contribution in [-0.2, 0) is 0 Å². The van der Waals surface area contributed by atoms with Crippen molar-refractivity contribution in [2.75, 3.05) is 5.32 Å². The van der Waals surface area contributed by atoms with E-state index in [9.17, 15) is 9.59 Å². The molecule has 3 N–H and O–H groups in total. The average molecular weight is 373 g/mol. The van der Waals surface area contributed by atoms with Gasteiger partial charge in [-0.05, 0) is 35.7 Å². The van der Waals surface area contributed by atoms with Gasteiger partial charge in [-0.2, -0.15) is 0 Å². The molecule has 5 nitrogen and oxygen atoms in total. The fraction of sp³-hybridized carbons (Fsp3) is 0. The minimum atomic E-state index is -0.593. The zero-order valence-electron chi connectivity index (χ0n) is 14.2. The van der Waals surface area contributed by atoms with Crippen LogP contribution in [0.15, 0.2) is 72.1 Å². The second kappa shape index (κ2) is 7.01. The van der Waals surface area contributed by atoms with E-state index in [1.807, 2.05) is 41.8 Å². The number of amides is 2. The molecule has 6 heteroatoms. The van der Waals surface area contributed by atoms with E-state index in [-0.39, 0.29) is 11.5 Å². The normalized spacial score (nSPS) is 10.7. The molecule has 2 aromatic carbocycles. The number of aromatic nitrogens is 1. The van der Waals surface area contributed by atoms with Crippen molar-refractivity contribution in [3.63, 3.8) is 0 Å². The zero-order valence-corrected chi connectivity index (χ0v) is 15.0. The van der Waals surface area contributed by atoms with Crippen LogP contribution in [0.1, 0.15) is 20.7 Å². The van der Waals surface area contributed by atoms with Gasteiger partial charge in [-0.1, -0.05) is 36.4 Å². The first-order chi connectivity index (χ1) is 13.1. The predicted molar refractivity (Wildman–Crippen MR) is 108 cm³/mol. The highest BCUT2D eigenvalue weighted by Gasteiger charge is 2.16. The first-order valence-corrected chi connectivity index (χ1v) is 9.15. The lowest BCUT2D eigenvalue weighted by Crippen LogP contribution is -2.18. The van der Waals surface area contributed by atoms with Crippen LogP contribution in [0.25, 0.3) is 21.5 Å². The maximum Gasteiger partial charge on any atom is 0.256 e. The fourth-order valence-corrected chi connectivity index (χ4v) is 3.60. The van der Waals surface area contributed by atoms with Crippen LogP contribution >= 0.6 is 11.3 Å². The van der Waals surface area contributed by atoms with Gasteiger partial charge in [0.15, 0.2) is 0 Å². The van der Waals surface area contributed by atoms with Crippen LogP contribution in [0, 0.1) is 0 Å². The summed E-state index contributed by atoms with van der Waals surface area (Å²) in [4.78, 5) is 30.3. The number of carbonyl (C=O) groups is 2. The molecular weight excluding hydrogens is 358 g/mol. The van der Waals surface area contributed by atoms with Crippen molar-refractivity contribution < 1.29 is 9.59 Å². The zero-order chi connectivity index (χ0) is 18.8. The van der Waals surface area contributed by atoms with Crippen molar-refractivity contribution in [3.8, 4) is 10.6 Å². The summed E-state index contributed by atoms with van der Waals surface area (Å²) in [6.07, 6.45) is 0. The van der Waals surface area contributed by atoms with Crippen LogP contribution in [0.4, 0.5) is 5.69 Å². The Bertz CT molecular complexity index is 1150. The third kappa shape index (κ3) is 3.30. The van der Waals surface area contributed by atoms with E-state index in [4.69, 9.17) is 5.73 Å². The van der Waals surface area contributed by atoms with Gasteiger partial charge in [0.05, 0.1) is 32.9 Å². The van der Waals surface area contributed by atoms with Crippen molar-refractivity contribution >= 4 is 39.7 Å². The highest BCUT2D eigenvalue weighted by molar-refractivity contribution is 7.13. The van der Waals surface area contributed by atoms with Gasteiger partial charge in [0.2, 0.25) is 0 Å². The molecule has 0 saturated carbocycles. The molecule has 0 saturated heterocycles. The molecule has 0 fully saturated rings. The maximum absolute atomic E-state index is 13.0. The molecule has 0 spiro atoms. The Morgan fingerprint density at radius 1 is 0.926 bits per heavy atom. The fourth-order valence-electron chi connectivity index (χ4n) is 2.91. The summed E-state index contributed by atoms with van der Waals surface area (Å²) in [5, 5.41) is 5.52. The lowest BCUT2D eigenvalue weighted by molar-refractivity contribution is 0.100. The average Bonchev–Trinajstić information content (AvgIpc) is 3.22. The maximum atomic E-state index is 13.0. The molecule has 132 valence electrons. The SMILES string of the molecule is NC(=O)c1ccccc1NC(=O)c1cc(-c2cccs2)nc2ccccc12. The Hall–Kier alpha value is -3.51. The Labute approximate surface area is 159 Å². The Morgan fingerprint density at radius 3 is 2.48 bits per heavy atom. The van der Waals surface area contributed by atoms with Gasteiger partial charge in [0, 0.05) is 5.39 Å². The van der Waals surface area contributed by atoms with Gasteiger partial charge in [-0.15, -0.1) is 11.3 Å². The van der Waals surface area contributed by atoms with E-state index in [0.717, 1.165) is 21.5 Å². The third-order valence-corrected chi connectivity index (χ3v) is 5.07. The van der Waals surface area contributed by atoms with E-state index in [0.29, 0.717) is 11.3 Å². The van der Waals surface area contributed by atoms with Gasteiger partial charge in [0.1, 0.15) is 0 Å². The Balaban J connectivity index is 1.81. The molecule has 4 rings (SSSR count). The molecule has 4 aromatic rings. The van der Waals surface area contributed by atoms with Crippen molar-refractivity contribution in [2.24, 2.45) is 5.73 Å². The van der Waals surface area contributed by atoms with Gasteiger partial charge < -0.3 is 11.1 Å². The van der Waals surface area contributed by atoms with Gasteiger partial charge in [-0.25, -0.2) is 4.98 Å². The number of nitrogens with zero attached hydrogens (tertiary/aromatic N) is 1. The standard InChI is InChI=1S/C21H15N3O2S/c22-20(25)14-7-2-4-9-17(14)24-21(26)15-12-18(19-10-5-11-27-19)23-16-8-3-1-6-13(15)16/h1-12H,(H2,22,25)(H,24,26). The first kappa shape index (κ1) is 16.9. The number of fused-ring (bicyclic) bond motifs is 1. The number of nitrogens with one attached hydrogen (secondary N) is 1. The molecule has 2 heterocycles. The minimum Gasteiger partial charge on any atom is -0.366 e. The van der Waals surface area contributed by atoms with Crippen LogP contribution in [0.2, 0.25) is 0 Å². The van der Waals surface area contributed by atoms with E-state index < -0.39 is 5.91 Å². The minimum absolute atomic E-state index is 0.266. The molecule has 27 heavy (non-hydrogen) atoms. The number of para-hydroxylation sites is 2. The summed E-state index contributed by atoms with van der Waals surface area (Å²) >= 11 is 1.56. The summed E-state index contributed by atoms with van der Waals surface area (Å²) in [6.45, 7) is 0. The number of hydrogen-bond donors (Lipinski definition) is 2. The molecule has 0 aliphatic heterocycles. The molecule has 0 unspecified atom stereocenters. The number of pyridine rings is 1. The first-order valence-electron chi connectivity index (χ1n) is 8.27. The van der Waals surface area contributed by atoms with Crippen molar-refractivity contribution in [1.29, 1.82) is 0 Å². The van der Waals surface area contributed by atoms with Gasteiger partial charge >= 0.3 is 0 Å². The van der Waals surface area contributed by atoms with E-state index in [1.165, 1.54) is 0 Å². The molecule has 0 radical (unpaired) electrons. The second-order valence-electron chi connectivity index (χ2n) is 5.91. The summed E-state index contributed by atoms with van der Waals surface area (Å²) < 4.78 is 0. The van der Waals surface area contributed by atoms with E-state index in [1.54, 1.807) is 41.7 Å². The second-order valence-corrected chi connectivity index (χ2v) is 6.86. The van der Waals surface area contributed by atoms with Crippen LogP contribution in [0.5, 0.6) is 0 Å². The number of anilines is 1. The topological polar surface area (TPSA) is 85.1 Å². The van der Waals surface area contributed by atoms with E-state index >= 15 is 0 Å². The number of nitrogens with two attached hydrogens (primary N) is 1. The summed E-state index contributed by atoms with van der Waals surface area (Å²) in [5.74, 6) is -0.912. The lowest BCUT2D eigenvalue weighted by Gasteiger charge is -2.11. The smallest absolute Gasteiger partial charge is 0.256 e. The van der Waals surface area contributed by atoms with Gasteiger partial charge in [-0.3, -0.25) is 9.59 Å². The monoisotopic (exact) mass is 373 g/mol. The van der Waals surface area contributed by atoms with Crippen molar-refractivity contribution in [3.05, 3.63) is 83.2 Å². The number of thiophene rings is 1. The molecule has 2 aromatic heterocycles. The predicted octanol–water partition coefficient (Wildman–Crippen LogP) is 4.31. The van der Waals surface area contributed by atoms with Crippen LogP contribution in [0.3, 0.4) is 0 Å². The third-order valence-electron chi connectivity index (χ3n) is 4.18. The summed E-state index contributed by atoms with van der Waals surface area (Å²) in [6, 6.07) is 19.8. The van der Waals surface area contributed by atoms with Crippen molar-refractivity contribution in [1.82, 2.24) is 4.98 Å². The molecular formula is C21H15N3O2S. The largest absolute Gasteiger partial charge is 0.366 e. The molecule has 0 aliphatic rings. The van der Waals surface area contributed by atoms with Crippen LogP contribution < -0.4 is 11.1 Å². The van der Waals surface area contributed by atoms with Crippen LogP contribution in [-0.4, -0.2) is 16.8 Å². The van der Waals surface area contributed by atoms with Gasteiger partial charge in [0.25, 0.3) is 11.8 Å². The molecule has 0 bridgehead atoms. The summed E-state index contributed by atoms with van der Waals surface area (Å²) in [5.41, 5.74) is 8.01. The molecule has 0 atom stereocenters. The number of carbonyl (C=O) groups excluding carboxylic acids is 2. The number of hydrogen-bond acceptors (Lipinski definition) is 4. The quantitative estimate of drug-likeness (QED) is 0.559. The van der Waals surface area contributed by atoms with Crippen molar-refractivity contribution in [2.45, 2.75) is 0 Å². The highest BCUT2D eigenvalue weighted by Crippen LogP contribution is 2.28.